The van der Waals surface area contributed by atoms with E-state index in [1.165, 1.54) is 25.7 Å². The van der Waals surface area contributed by atoms with Gasteiger partial charge in [-0.25, -0.2) is 0 Å². The van der Waals surface area contributed by atoms with Gasteiger partial charge in [0.1, 0.15) is 0 Å². The lowest BCUT2D eigenvalue weighted by Crippen LogP contribution is -2.33. The average molecular weight is 167 g/mol. The fraction of sp³-hybridized carbons (Fsp3) is 0.909. The number of nitrogens with zero attached hydrogens (tertiary/aromatic N) is 1. The molecule has 0 saturated carbocycles. The summed E-state index contributed by atoms with van der Waals surface area (Å²) >= 11 is 0. The van der Waals surface area contributed by atoms with E-state index in [2.05, 4.69) is 32.0 Å². The number of hydrogen-bond acceptors (Lipinski definition) is 1. The average Bonchev–Trinajstić information content (AvgIpc) is 2.10. The van der Waals surface area contributed by atoms with Crippen LogP contribution in [0.25, 0.3) is 0 Å². The molecule has 0 amide bonds. The van der Waals surface area contributed by atoms with Crippen LogP contribution in [0.4, 0.5) is 0 Å². The van der Waals surface area contributed by atoms with Crippen LogP contribution in [0.1, 0.15) is 46.5 Å². The van der Waals surface area contributed by atoms with E-state index in [1.54, 1.807) is 0 Å². The zero-order valence-corrected chi connectivity index (χ0v) is 8.64. The smallest absolute Gasteiger partial charge is 0.0388 e. The molecule has 0 fully saturated rings. The van der Waals surface area contributed by atoms with Crippen molar-refractivity contribution in [2.45, 2.75) is 46.5 Å². The van der Waals surface area contributed by atoms with Gasteiger partial charge in [0.15, 0.2) is 0 Å². The van der Waals surface area contributed by atoms with Gasteiger partial charge in [-0.2, -0.15) is 0 Å². The molecular weight excluding hydrogens is 146 g/mol. The molecule has 12 heavy (non-hydrogen) atoms. The monoisotopic (exact) mass is 167 g/mol. The quantitative estimate of drug-likeness (QED) is 0.611. The SMILES string of the molecule is CCCC1(CC)C=NCCC1C. The molecule has 0 aromatic rings. The summed E-state index contributed by atoms with van der Waals surface area (Å²) in [6.07, 6.45) is 7.37. The highest BCUT2D eigenvalue weighted by molar-refractivity contribution is 5.67. The molecule has 0 saturated heterocycles. The van der Waals surface area contributed by atoms with Crippen LogP contribution >= 0.6 is 0 Å². The summed E-state index contributed by atoms with van der Waals surface area (Å²) in [6.45, 7) is 7.99. The van der Waals surface area contributed by atoms with Crippen molar-refractivity contribution in [2.75, 3.05) is 6.54 Å². The van der Waals surface area contributed by atoms with Crippen LogP contribution < -0.4 is 0 Å². The zero-order chi connectivity index (χ0) is 9.03. The van der Waals surface area contributed by atoms with Crippen molar-refractivity contribution >= 4 is 6.21 Å². The van der Waals surface area contributed by atoms with Crippen molar-refractivity contribution < 1.29 is 0 Å². The molecule has 0 N–H and O–H groups in total. The Kier molecular flexibility index (Phi) is 3.30. The predicted octanol–water partition coefficient (Wildman–Crippen LogP) is 3.29. The summed E-state index contributed by atoms with van der Waals surface area (Å²) in [6, 6.07) is 0. The first-order chi connectivity index (χ1) is 5.75. The van der Waals surface area contributed by atoms with E-state index in [-0.39, 0.29) is 0 Å². The van der Waals surface area contributed by atoms with Crippen molar-refractivity contribution in [3.05, 3.63) is 0 Å². The molecule has 0 aliphatic carbocycles. The molecule has 70 valence electrons. The van der Waals surface area contributed by atoms with Gasteiger partial charge in [0, 0.05) is 18.2 Å². The van der Waals surface area contributed by atoms with Crippen molar-refractivity contribution in [1.82, 2.24) is 0 Å². The second-order valence-electron chi connectivity index (χ2n) is 4.06. The van der Waals surface area contributed by atoms with E-state index in [0.717, 1.165) is 12.5 Å². The minimum Gasteiger partial charge on any atom is -0.297 e. The van der Waals surface area contributed by atoms with Crippen LogP contribution in [0.2, 0.25) is 0 Å². The fourth-order valence-corrected chi connectivity index (χ4v) is 2.32. The van der Waals surface area contributed by atoms with Crippen LogP contribution in [0.5, 0.6) is 0 Å². The van der Waals surface area contributed by atoms with Gasteiger partial charge in [-0.05, 0) is 25.2 Å². The number of aliphatic imine (C=N–C) groups is 1. The first-order valence-electron chi connectivity index (χ1n) is 5.26. The van der Waals surface area contributed by atoms with Crippen molar-refractivity contribution in [2.24, 2.45) is 16.3 Å². The minimum atomic E-state index is 0.437. The first kappa shape index (κ1) is 9.76. The molecule has 1 aliphatic rings. The molecule has 0 aromatic heterocycles. The predicted molar refractivity (Wildman–Crippen MR) is 54.8 cm³/mol. The maximum absolute atomic E-state index is 4.45. The van der Waals surface area contributed by atoms with Crippen LogP contribution in [0, 0.1) is 11.3 Å². The van der Waals surface area contributed by atoms with Gasteiger partial charge in [-0.3, -0.25) is 4.99 Å². The summed E-state index contributed by atoms with van der Waals surface area (Å²) in [5.41, 5.74) is 0.437. The molecule has 0 aromatic carbocycles. The normalized spacial score (nSPS) is 35.4. The summed E-state index contributed by atoms with van der Waals surface area (Å²) in [4.78, 5) is 4.45. The molecule has 1 nitrogen and oxygen atoms in total. The van der Waals surface area contributed by atoms with Gasteiger partial charge >= 0.3 is 0 Å². The van der Waals surface area contributed by atoms with Crippen LogP contribution in [0.3, 0.4) is 0 Å². The van der Waals surface area contributed by atoms with Gasteiger partial charge in [0.25, 0.3) is 0 Å². The van der Waals surface area contributed by atoms with Crippen LogP contribution in [-0.2, 0) is 0 Å². The van der Waals surface area contributed by atoms with Gasteiger partial charge in [0.2, 0.25) is 0 Å². The van der Waals surface area contributed by atoms with Crippen LogP contribution in [-0.4, -0.2) is 12.8 Å². The topological polar surface area (TPSA) is 12.4 Å². The van der Waals surface area contributed by atoms with Crippen molar-refractivity contribution in [1.29, 1.82) is 0 Å². The third kappa shape index (κ3) is 1.70. The lowest BCUT2D eigenvalue weighted by atomic mass is 9.69. The van der Waals surface area contributed by atoms with E-state index in [9.17, 15) is 0 Å². The van der Waals surface area contributed by atoms with Gasteiger partial charge < -0.3 is 0 Å². The Labute approximate surface area is 76.3 Å². The molecule has 1 heterocycles. The Morgan fingerprint density at radius 2 is 2.25 bits per heavy atom. The summed E-state index contributed by atoms with van der Waals surface area (Å²) in [5, 5.41) is 0. The van der Waals surface area contributed by atoms with Crippen LogP contribution in [0.15, 0.2) is 4.99 Å². The number of hydrogen-bond donors (Lipinski definition) is 0. The Hall–Kier alpha value is -0.330. The lowest BCUT2D eigenvalue weighted by Gasteiger charge is -2.37. The third-order valence-corrected chi connectivity index (χ3v) is 3.39. The zero-order valence-electron chi connectivity index (χ0n) is 8.64. The molecule has 2 unspecified atom stereocenters. The molecule has 2 atom stereocenters. The maximum Gasteiger partial charge on any atom is 0.0388 e. The molecule has 0 bridgehead atoms. The summed E-state index contributed by atoms with van der Waals surface area (Å²) in [7, 11) is 0. The largest absolute Gasteiger partial charge is 0.297 e. The second kappa shape index (κ2) is 4.06. The molecule has 0 radical (unpaired) electrons. The highest BCUT2D eigenvalue weighted by Crippen LogP contribution is 2.38. The van der Waals surface area contributed by atoms with Gasteiger partial charge in [0.05, 0.1) is 0 Å². The molecule has 0 spiro atoms. The molecule has 1 aliphatic heterocycles. The number of rotatable bonds is 3. The Balaban J connectivity index is 2.73. The Bertz CT molecular complexity index is 162. The first-order valence-corrected chi connectivity index (χ1v) is 5.26. The van der Waals surface area contributed by atoms with E-state index in [1.807, 2.05) is 0 Å². The minimum absolute atomic E-state index is 0.437. The molecule has 1 heteroatoms. The molecular formula is C11H21N. The fourth-order valence-electron chi connectivity index (χ4n) is 2.32. The summed E-state index contributed by atoms with van der Waals surface area (Å²) in [5.74, 6) is 0.833. The maximum atomic E-state index is 4.45. The van der Waals surface area contributed by atoms with Crippen molar-refractivity contribution in [3.63, 3.8) is 0 Å². The second-order valence-corrected chi connectivity index (χ2v) is 4.06. The molecule has 1 rings (SSSR count). The Morgan fingerprint density at radius 1 is 1.50 bits per heavy atom. The van der Waals surface area contributed by atoms with Gasteiger partial charge in [-0.1, -0.05) is 27.2 Å². The highest BCUT2D eigenvalue weighted by atomic mass is 14.7. The Morgan fingerprint density at radius 3 is 2.75 bits per heavy atom. The standard InChI is InChI=1S/C11H21N/c1-4-7-11(5-2)9-12-8-6-10(11)3/h9-10H,4-8H2,1-3H3. The third-order valence-electron chi connectivity index (χ3n) is 3.39. The van der Waals surface area contributed by atoms with E-state index in [0.29, 0.717) is 5.41 Å². The van der Waals surface area contributed by atoms with Crippen molar-refractivity contribution in [3.8, 4) is 0 Å². The summed E-state index contributed by atoms with van der Waals surface area (Å²) < 4.78 is 0. The van der Waals surface area contributed by atoms with E-state index in [4.69, 9.17) is 0 Å². The lowest BCUT2D eigenvalue weighted by molar-refractivity contribution is 0.229. The van der Waals surface area contributed by atoms with E-state index >= 15 is 0 Å². The van der Waals surface area contributed by atoms with E-state index < -0.39 is 0 Å². The van der Waals surface area contributed by atoms with Gasteiger partial charge in [-0.15, -0.1) is 0 Å². The highest BCUT2D eigenvalue weighted by Gasteiger charge is 2.33.